The lowest BCUT2D eigenvalue weighted by Gasteiger charge is -2.22. The molecule has 1 aromatic carbocycles. The first-order valence-corrected chi connectivity index (χ1v) is 8.93. The van der Waals surface area contributed by atoms with E-state index in [9.17, 15) is 14.4 Å². The van der Waals surface area contributed by atoms with Gasteiger partial charge in [-0.1, -0.05) is 6.07 Å². The molecule has 0 saturated carbocycles. The summed E-state index contributed by atoms with van der Waals surface area (Å²) in [7, 11) is 1.68. The molecule has 2 fully saturated rings. The zero-order valence-electron chi connectivity index (χ0n) is 14.7. The van der Waals surface area contributed by atoms with Gasteiger partial charge in [0, 0.05) is 25.9 Å². The Hall–Kier alpha value is -2.61. The molecule has 2 saturated heterocycles. The summed E-state index contributed by atoms with van der Waals surface area (Å²) in [5.41, 5.74) is 1.04. The molecule has 8 heteroatoms. The third-order valence-corrected chi connectivity index (χ3v) is 5.22. The number of aryl methyl sites for hydroxylation is 1. The van der Waals surface area contributed by atoms with Crippen molar-refractivity contribution < 1.29 is 14.3 Å². The van der Waals surface area contributed by atoms with Crippen LogP contribution in [-0.2, 0) is 16.6 Å². The fourth-order valence-electron chi connectivity index (χ4n) is 3.81. The minimum absolute atomic E-state index is 0.226. The van der Waals surface area contributed by atoms with Crippen LogP contribution in [0.25, 0.3) is 11.0 Å². The number of imidazole rings is 1. The van der Waals surface area contributed by atoms with Gasteiger partial charge in [-0.2, -0.15) is 0 Å². The maximum Gasteiger partial charge on any atom is 0.329 e. The number of ether oxygens (including phenoxy) is 1. The van der Waals surface area contributed by atoms with E-state index in [1.165, 1.54) is 9.13 Å². The van der Waals surface area contributed by atoms with Crippen LogP contribution in [0.3, 0.4) is 0 Å². The molecule has 2 aromatic rings. The summed E-state index contributed by atoms with van der Waals surface area (Å²) in [5, 5.41) is 5.63. The monoisotopic (exact) mass is 358 g/mol. The molecule has 138 valence electrons. The molecular weight excluding hydrogens is 336 g/mol. The van der Waals surface area contributed by atoms with Crippen LogP contribution in [0, 0.1) is 5.92 Å². The molecule has 4 rings (SSSR count). The van der Waals surface area contributed by atoms with E-state index in [0.717, 1.165) is 19.5 Å². The number of nitrogens with zero attached hydrogens (tertiary/aromatic N) is 2. The van der Waals surface area contributed by atoms with Gasteiger partial charge in [-0.15, -0.1) is 0 Å². The van der Waals surface area contributed by atoms with E-state index in [-0.39, 0.29) is 18.0 Å². The van der Waals surface area contributed by atoms with Gasteiger partial charge >= 0.3 is 5.69 Å². The van der Waals surface area contributed by atoms with Gasteiger partial charge in [-0.05, 0) is 31.5 Å². The molecule has 8 nitrogen and oxygen atoms in total. The Balaban J connectivity index is 1.72. The summed E-state index contributed by atoms with van der Waals surface area (Å²) in [6, 6.07) is 4.80. The smallest absolute Gasteiger partial charge is 0.329 e. The lowest BCUT2D eigenvalue weighted by atomic mass is 10.1. The van der Waals surface area contributed by atoms with E-state index in [1.54, 1.807) is 7.05 Å². The fraction of sp³-hybridized carbons (Fsp3) is 0.500. The Kier molecular flexibility index (Phi) is 4.28. The molecule has 2 N–H and O–H groups in total. The Labute approximate surface area is 150 Å². The summed E-state index contributed by atoms with van der Waals surface area (Å²) in [4.78, 5) is 36.5. The molecular formula is C18H22N4O4. The van der Waals surface area contributed by atoms with Gasteiger partial charge in [0.15, 0.2) is 0 Å². The van der Waals surface area contributed by atoms with E-state index in [2.05, 4.69) is 10.6 Å². The van der Waals surface area contributed by atoms with Crippen LogP contribution >= 0.6 is 0 Å². The summed E-state index contributed by atoms with van der Waals surface area (Å²) in [6.07, 6.45) is 1.62. The number of rotatable bonds is 4. The number of hydrogen-bond donors (Lipinski definition) is 2. The maximum atomic E-state index is 12.8. The van der Waals surface area contributed by atoms with Gasteiger partial charge < -0.3 is 10.1 Å². The number of piperidine rings is 1. The number of aromatic nitrogens is 2. The zero-order chi connectivity index (χ0) is 18.3. The summed E-state index contributed by atoms with van der Waals surface area (Å²) < 4.78 is 9.00. The van der Waals surface area contributed by atoms with E-state index in [4.69, 9.17) is 4.74 Å². The molecule has 2 atom stereocenters. The highest BCUT2D eigenvalue weighted by Crippen LogP contribution is 2.29. The van der Waals surface area contributed by atoms with Crippen LogP contribution in [0.15, 0.2) is 23.0 Å². The molecule has 2 unspecified atom stereocenters. The van der Waals surface area contributed by atoms with Crippen LogP contribution in [-0.4, -0.2) is 40.6 Å². The average Bonchev–Trinajstić information content (AvgIpc) is 3.22. The van der Waals surface area contributed by atoms with Crippen LogP contribution in [0.2, 0.25) is 0 Å². The molecule has 0 aliphatic carbocycles. The Bertz CT molecular complexity index is 923. The quantitative estimate of drug-likeness (QED) is 0.767. The van der Waals surface area contributed by atoms with E-state index >= 15 is 0 Å². The Morgan fingerprint density at radius 3 is 2.81 bits per heavy atom. The predicted molar refractivity (Wildman–Crippen MR) is 95.1 cm³/mol. The Morgan fingerprint density at radius 1 is 1.23 bits per heavy atom. The van der Waals surface area contributed by atoms with Crippen molar-refractivity contribution in [3.63, 3.8) is 0 Å². The predicted octanol–water partition coefficient (Wildman–Crippen LogP) is 0.306. The fourth-order valence-corrected chi connectivity index (χ4v) is 3.81. The molecule has 2 aliphatic heterocycles. The molecule has 26 heavy (non-hydrogen) atoms. The number of amides is 2. The molecule has 2 aliphatic rings. The lowest BCUT2D eigenvalue weighted by Crippen LogP contribution is -2.44. The van der Waals surface area contributed by atoms with E-state index in [1.807, 2.05) is 18.2 Å². The standard InChI is InChI=1S/C18H22N4O4/c1-21-16-12(3-2-4-14(16)26-10-11-7-8-19-9-11)22(18(21)25)13-5-6-15(23)20-17(13)24/h2-4,11,13,19H,5-10H2,1H3,(H,20,23,24). The number of imide groups is 1. The second-order valence-electron chi connectivity index (χ2n) is 6.97. The minimum atomic E-state index is -0.682. The van der Waals surface area contributed by atoms with Crippen LogP contribution in [0.1, 0.15) is 25.3 Å². The number of para-hydroxylation sites is 1. The second kappa shape index (κ2) is 6.60. The van der Waals surface area contributed by atoms with Gasteiger partial charge in [0.1, 0.15) is 17.3 Å². The first-order chi connectivity index (χ1) is 12.6. The van der Waals surface area contributed by atoms with Gasteiger partial charge in [0.25, 0.3) is 0 Å². The van der Waals surface area contributed by atoms with E-state index < -0.39 is 11.9 Å². The first-order valence-electron chi connectivity index (χ1n) is 8.93. The van der Waals surface area contributed by atoms with Crippen LogP contribution in [0.5, 0.6) is 5.75 Å². The molecule has 0 bridgehead atoms. The number of carbonyl (C=O) groups is 2. The second-order valence-corrected chi connectivity index (χ2v) is 6.97. The average molecular weight is 358 g/mol. The van der Waals surface area contributed by atoms with Crippen molar-refractivity contribution >= 4 is 22.8 Å². The molecule has 0 spiro atoms. The minimum Gasteiger partial charge on any atom is -0.491 e. The Morgan fingerprint density at radius 2 is 2.08 bits per heavy atom. The van der Waals surface area contributed by atoms with Gasteiger partial charge in [-0.25, -0.2) is 4.79 Å². The maximum absolute atomic E-state index is 12.8. The van der Waals surface area contributed by atoms with E-state index in [0.29, 0.717) is 35.7 Å². The topological polar surface area (TPSA) is 94.4 Å². The van der Waals surface area contributed by atoms with Crippen molar-refractivity contribution in [3.8, 4) is 5.75 Å². The highest BCUT2D eigenvalue weighted by molar-refractivity contribution is 6.00. The number of fused-ring (bicyclic) bond motifs is 1. The number of hydrogen-bond acceptors (Lipinski definition) is 5. The van der Waals surface area contributed by atoms with Crippen molar-refractivity contribution in [2.45, 2.75) is 25.3 Å². The van der Waals surface area contributed by atoms with Crippen molar-refractivity contribution in [1.82, 2.24) is 19.8 Å². The highest BCUT2D eigenvalue weighted by Gasteiger charge is 2.31. The molecule has 2 amide bonds. The molecule has 0 radical (unpaired) electrons. The largest absolute Gasteiger partial charge is 0.491 e. The van der Waals surface area contributed by atoms with Gasteiger partial charge in [-0.3, -0.25) is 24.0 Å². The molecule has 1 aromatic heterocycles. The normalized spacial score (nSPS) is 23.4. The van der Waals surface area contributed by atoms with Gasteiger partial charge in [0.05, 0.1) is 12.1 Å². The van der Waals surface area contributed by atoms with Crippen molar-refractivity contribution in [2.24, 2.45) is 13.0 Å². The zero-order valence-corrected chi connectivity index (χ0v) is 14.7. The molecule has 3 heterocycles. The van der Waals surface area contributed by atoms with Crippen molar-refractivity contribution in [2.75, 3.05) is 19.7 Å². The van der Waals surface area contributed by atoms with Crippen molar-refractivity contribution in [3.05, 3.63) is 28.7 Å². The summed E-state index contributed by atoms with van der Waals surface area (Å²) >= 11 is 0. The number of benzene rings is 1. The van der Waals surface area contributed by atoms with Crippen molar-refractivity contribution in [1.29, 1.82) is 0 Å². The third kappa shape index (κ3) is 2.80. The summed E-state index contributed by atoms with van der Waals surface area (Å²) in [6.45, 7) is 2.53. The van der Waals surface area contributed by atoms with Gasteiger partial charge in [0.2, 0.25) is 11.8 Å². The summed E-state index contributed by atoms with van der Waals surface area (Å²) in [5.74, 6) is 0.368. The first kappa shape index (κ1) is 16.8. The lowest BCUT2D eigenvalue weighted by molar-refractivity contribution is -0.135. The number of carbonyl (C=O) groups excluding carboxylic acids is 2. The third-order valence-electron chi connectivity index (χ3n) is 5.22. The number of nitrogens with one attached hydrogen (secondary N) is 2. The highest BCUT2D eigenvalue weighted by atomic mass is 16.5. The van der Waals surface area contributed by atoms with Crippen LogP contribution in [0.4, 0.5) is 0 Å². The SMILES string of the molecule is Cn1c(=O)n(C2CCC(=O)NC2=O)c2cccc(OCC3CCNC3)c21. The van der Waals surface area contributed by atoms with Crippen LogP contribution < -0.4 is 21.1 Å².